The SMILES string of the molecule is O=C(O)[C@H]1CC=C(Cl)C[C@H]1C(=O)Nc1ccc(Cl)c(Cl)c1. The van der Waals surface area contributed by atoms with Gasteiger partial charge in [0.05, 0.1) is 21.9 Å². The van der Waals surface area contributed by atoms with Gasteiger partial charge in [0, 0.05) is 10.7 Å². The maximum Gasteiger partial charge on any atom is 0.307 e. The average Bonchev–Trinajstić information content (AvgIpc) is 2.42. The molecule has 0 bridgehead atoms. The van der Waals surface area contributed by atoms with Crippen LogP contribution in [0.2, 0.25) is 10.0 Å². The Morgan fingerprint density at radius 2 is 1.86 bits per heavy atom. The monoisotopic (exact) mass is 347 g/mol. The number of hydrogen-bond acceptors (Lipinski definition) is 2. The second-order valence-electron chi connectivity index (χ2n) is 4.76. The topological polar surface area (TPSA) is 66.4 Å². The van der Waals surface area contributed by atoms with Crippen molar-refractivity contribution in [1.82, 2.24) is 0 Å². The molecule has 1 aromatic carbocycles. The number of aliphatic carboxylic acids is 1. The number of allylic oxidation sites excluding steroid dienone is 2. The molecule has 2 N–H and O–H groups in total. The van der Waals surface area contributed by atoms with Crippen LogP contribution in [-0.4, -0.2) is 17.0 Å². The predicted octanol–water partition coefficient (Wildman–Crippen LogP) is 4.17. The Bertz CT molecular complexity index is 615. The highest BCUT2D eigenvalue weighted by molar-refractivity contribution is 6.42. The van der Waals surface area contributed by atoms with Crippen LogP contribution in [0.5, 0.6) is 0 Å². The number of rotatable bonds is 3. The molecule has 1 aliphatic carbocycles. The quantitative estimate of drug-likeness (QED) is 0.861. The first-order chi connectivity index (χ1) is 9.88. The molecule has 1 aromatic rings. The lowest BCUT2D eigenvalue weighted by Gasteiger charge is -2.25. The van der Waals surface area contributed by atoms with Crippen LogP contribution in [0.1, 0.15) is 12.8 Å². The molecule has 1 amide bonds. The van der Waals surface area contributed by atoms with Crippen LogP contribution >= 0.6 is 34.8 Å². The fourth-order valence-corrected chi connectivity index (χ4v) is 2.77. The van der Waals surface area contributed by atoms with Crippen molar-refractivity contribution >= 4 is 52.4 Å². The van der Waals surface area contributed by atoms with Crippen LogP contribution in [0.4, 0.5) is 5.69 Å². The Labute approximate surface area is 136 Å². The minimum absolute atomic E-state index is 0.214. The zero-order chi connectivity index (χ0) is 15.6. The summed E-state index contributed by atoms with van der Waals surface area (Å²) in [6.07, 6.45) is 2.10. The molecule has 7 heteroatoms. The van der Waals surface area contributed by atoms with E-state index in [2.05, 4.69) is 5.32 Å². The van der Waals surface area contributed by atoms with Crippen LogP contribution in [0.25, 0.3) is 0 Å². The van der Waals surface area contributed by atoms with Gasteiger partial charge in [-0.2, -0.15) is 0 Å². The fourth-order valence-electron chi connectivity index (χ4n) is 2.21. The molecular weight excluding hydrogens is 337 g/mol. The highest BCUT2D eigenvalue weighted by Crippen LogP contribution is 2.33. The second-order valence-corrected chi connectivity index (χ2v) is 6.06. The molecule has 2 atom stereocenters. The number of benzene rings is 1. The molecule has 112 valence electrons. The van der Waals surface area contributed by atoms with Crippen molar-refractivity contribution in [2.45, 2.75) is 12.8 Å². The van der Waals surface area contributed by atoms with Crippen molar-refractivity contribution in [1.29, 1.82) is 0 Å². The molecule has 21 heavy (non-hydrogen) atoms. The number of halogens is 3. The van der Waals surface area contributed by atoms with Crippen LogP contribution in [0.3, 0.4) is 0 Å². The second kappa shape index (κ2) is 6.69. The number of carboxylic acids is 1. The van der Waals surface area contributed by atoms with Crippen LogP contribution in [0, 0.1) is 11.8 Å². The van der Waals surface area contributed by atoms with Gasteiger partial charge in [0.1, 0.15) is 0 Å². The summed E-state index contributed by atoms with van der Waals surface area (Å²) >= 11 is 17.6. The molecule has 0 spiro atoms. The van der Waals surface area contributed by atoms with Gasteiger partial charge in [0.25, 0.3) is 0 Å². The fraction of sp³-hybridized carbons (Fsp3) is 0.286. The van der Waals surface area contributed by atoms with E-state index in [1.165, 1.54) is 6.07 Å². The van der Waals surface area contributed by atoms with Gasteiger partial charge >= 0.3 is 5.97 Å². The summed E-state index contributed by atoms with van der Waals surface area (Å²) in [5, 5.41) is 13.0. The van der Waals surface area contributed by atoms with Gasteiger partial charge in [0.15, 0.2) is 0 Å². The van der Waals surface area contributed by atoms with E-state index >= 15 is 0 Å². The number of anilines is 1. The van der Waals surface area contributed by atoms with Gasteiger partial charge in [0.2, 0.25) is 5.91 Å². The molecule has 0 unspecified atom stereocenters. The summed E-state index contributed by atoms with van der Waals surface area (Å²) in [4.78, 5) is 23.5. The van der Waals surface area contributed by atoms with E-state index in [9.17, 15) is 14.7 Å². The summed E-state index contributed by atoms with van der Waals surface area (Å²) in [6.45, 7) is 0. The van der Waals surface area contributed by atoms with E-state index in [1.807, 2.05) is 0 Å². The van der Waals surface area contributed by atoms with Crippen LogP contribution < -0.4 is 5.32 Å². The van der Waals surface area contributed by atoms with Crippen LogP contribution in [-0.2, 0) is 9.59 Å². The maximum atomic E-state index is 12.3. The lowest BCUT2D eigenvalue weighted by molar-refractivity contribution is -0.146. The Hall–Kier alpha value is -1.23. The lowest BCUT2D eigenvalue weighted by Crippen LogP contribution is -2.35. The van der Waals surface area contributed by atoms with Gasteiger partial charge in [-0.1, -0.05) is 40.9 Å². The Balaban J connectivity index is 2.16. The van der Waals surface area contributed by atoms with Crippen molar-refractivity contribution in [2.24, 2.45) is 11.8 Å². The largest absolute Gasteiger partial charge is 0.481 e. The third-order valence-corrected chi connectivity index (χ3v) is 4.38. The minimum atomic E-state index is -1.01. The smallest absolute Gasteiger partial charge is 0.307 e. The highest BCUT2D eigenvalue weighted by Gasteiger charge is 2.36. The summed E-state index contributed by atoms with van der Waals surface area (Å²) < 4.78 is 0. The first kappa shape index (κ1) is 16.1. The molecule has 1 aliphatic rings. The normalized spacial score (nSPS) is 21.6. The maximum absolute atomic E-state index is 12.3. The molecule has 0 aliphatic heterocycles. The van der Waals surface area contributed by atoms with Crippen molar-refractivity contribution < 1.29 is 14.7 Å². The van der Waals surface area contributed by atoms with Gasteiger partial charge in [-0.3, -0.25) is 9.59 Å². The molecule has 0 fully saturated rings. The lowest BCUT2D eigenvalue weighted by atomic mass is 9.82. The van der Waals surface area contributed by atoms with E-state index in [0.29, 0.717) is 20.8 Å². The first-order valence-corrected chi connectivity index (χ1v) is 7.35. The Morgan fingerprint density at radius 3 is 2.48 bits per heavy atom. The van der Waals surface area contributed by atoms with E-state index in [4.69, 9.17) is 34.8 Å². The number of hydrogen-bond donors (Lipinski definition) is 2. The number of nitrogens with one attached hydrogen (secondary N) is 1. The van der Waals surface area contributed by atoms with E-state index in [-0.39, 0.29) is 12.8 Å². The summed E-state index contributed by atoms with van der Waals surface area (Å²) in [5.74, 6) is -2.90. The minimum Gasteiger partial charge on any atom is -0.481 e. The third-order valence-electron chi connectivity index (χ3n) is 3.33. The number of carbonyl (C=O) groups is 2. The molecule has 0 aromatic heterocycles. The summed E-state index contributed by atoms with van der Waals surface area (Å²) in [5.41, 5.74) is 0.462. The van der Waals surface area contributed by atoms with Gasteiger partial charge in [-0.25, -0.2) is 0 Å². The van der Waals surface area contributed by atoms with Gasteiger partial charge in [-0.15, -0.1) is 0 Å². The number of carbonyl (C=O) groups excluding carboxylic acids is 1. The molecular formula is C14H12Cl3NO3. The van der Waals surface area contributed by atoms with Gasteiger partial charge in [-0.05, 0) is 31.0 Å². The van der Waals surface area contributed by atoms with Crippen molar-refractivity contribution in [3.8, 4) is 0 Å². The molecule has 0 saturated heterocycles. The average molecular weight is 349 g/mol. The van der Waals surface area contributed by atoms with E-state index < -0.39 is 23.7 Å². The molecule has 0 heterocycles. The zero-order valence-corrected chi connectivity index (χ0v) is 13.0. The first-order valence-electron chi connectivity index (χ1n) is 6.21. The Morgan fingerprint density at radius 1 is 1.14 bits per heavy atom. The molecule has 2 rings (SSSR count). The van der Waals surface area contributed by atoms with Gasteiger partial charge < -0.3 is 10.4 Å². The van der Waals surface area contributed by atoms with Crippen LogP contribution in [0.15, 0.2) is 29.3 Å². The Kier molecular flexibility index (Phi) is 5.14. The standard InChI is InChI=1S/C14H12Cl3NO3/c15-7-1-3-9(14(20)21)10(5-7)13(19)18-8-2-4-11(16)12(17)6-8/h1-2,4,6,9-10H,3,5H2,(H,18,19)(H,20,21)/t9-,10+/m0/s1. The summed E-state index contributed by atoms with van der Waals surface area (Å²) in [6, 6.07) is 4.67. The molecule has 0 radical (unpaired) electrons. The number of amides is 1. The van der Waals surface area contributed by atoms with Crippen molar-refractivity contribution in [2.75, 3.05) is 5.32 Å². The van der Waals surface area contributed by atoms with E-state index in [0.717, 1.165) is 0 Å². The van der Waals surface area contributed by atoms with Crippen molar-refractivity contribution in [3.05, 3.63) is 39.4 Å². The molecule has 0 saturated carbocycles. The summed E-state index contributed by atoms with van der Waals surface area (Å²) in [7, 11) is 0. The number of carboxylic acid groups (broad SMARTS) is 1. The van der Waals surface area contributed by atoms with Crippen molar-refractivity contribution in [3.63, 3.8) is 0 Å². The predicted molar refractivity (Wildman–Crippen MR) is 82.9 cm³/mol. The highest BCUT2D eigenvalue weighted by atomic mass is 35.5. The zero-order valence-electron chi connectivity index (χ0n) is 10.8. The van der Waals surface area contributed by atoms with E-state index in [1.54, 1.807) is 18.2 Å². The third kappa shape index (κ3) is 3.90. The molecule has 4 nitrogen and oxygen atoms in total.